The first-order valence-corrected chi connectivity index (χ1v) is 8.44. The molecule has 1 fully saturated rings. The van der Waals surface area contributed by atoms with Gasteiger partial charge in [-0.25, -0.2) is 0 Å². The highest BCUT2D eigenvalue weighted by molar-refractivity contribution is 5.20. The van der Waals surface area contributed by atoms with Crippen LogP contribution in [0.25, 0.3) is 0 Å². The first kappa shape index (κ1) is 16.4. The van der Waals surface area contributed by atoms with Crippen LogP contribution in [-0.2, 0) is 0 Å². The molecular formula is C19H31NO. The van der Waals surface area contributed by atoms with Gasteiger partial charge in [-0.2, -0.15) is 0 Å². The molecule has 0 heterocycles. The van der Waals surface area contributed by atoms with E-state index in [2.05, 4.69) is 26.1 Å². The van der Waals surface area contributed by atoms with Crippen molar-refractivity contribution in [3.05, 3.63) is 30.3 Å². The minimum Gasteiger partial charge on any atom is -0.492 e. The molecule has 2 rings (SSSR count). The van der Waals surface area contributed by atoms with Crippen LogP contribution in [0.3, 0.4) is 0 Å². The first-order valence-electron chi connectivity index (χ1n) is 8.44. The zero-order valence-electron chi connectivity index (χ0n) is 13.9. The van der Waals surface area contributed by atoms with Crippen LogP contribution < -0.4 is 10.1 Å². The summed E-state index contributed by atoms with van der Waals surface area (Å²) in [6.07, 6.45) is 5.57. The maximum atomic E-state index is 5.69. The second-order valence-corrected chi connectivity index (χ2v) is 7.45. The van der Waals surface area contributed by atoms with Crippen LogP contribution in [0.2, 0.25) is 0 Å². The maximum absolute atomic E-state index is 5.69. The van der Waals surface area contributed by atoms with E-state index >= 15 is 0 Å². The van der Waals surface area contributed by atoms with Crippen LogP contribution in [0.4, 0.5) is 0 Å². The molecule has 118 valence electrons. The molecule has 0 atom stereocenters. The Morgan fingerprint density at radius 1 is 1.05 bits per heavy atom. The zero-order valence-corrected chi connectivity index (χ0v) is 13.9. The van der Waals surface area contributed by atoms with Gasteiger partial charge >= 0.3 is 0 Å². The fourth-order valence-corrected chi connectivity index (χ4v) is 3.30. The van der Waals surface area contributed by atoms with Crippen LogP contribution in [0.1, 0.15) is 46.5 Å². The third-order valence-corrected chi connectivity index (χ3v) is 4.80. The van der Waals surface area contributed by atoms with Gasteiger partial charge in [0.1, 0.15) is 12.4 Å². The van der Waals surface area contributed by atoms with Gasteiger partial charge in [0.15, 0.2) is 0 Å². The van der Waals surface area contributed by atoms with Gasteiger partial charge in [-0.1, -0.05) is 39.0 Å². The summed E-state index contributed by atoms with van der Waals surface area (Å²) < 4.78 is 5.69. The van der Waals surface area contributed by atoms with Crippen molar-refractivity contribution in [2.45, 2.75) is 46.5 Å². The molecule has 0 aromatic heterocycles. The Morgan fingerprint density at radius 2 is 1.71 bits per heavy atom. The number of nitrogens with one attached hydrogen (secondary N) is 1. The topological polar surface area (TPSA) is 21.3 Å². The van der Waals surface area contributed by atoms with E-state index in [-0.39, 0.29) is 0 Å². The predicted molar refractivity (Wildman–Crippen MR) is 89.7 cm³/mol. The van der Waals surface area contributed by atoms with E-state index < -0.39 is 0 Å². The Bertz CT molecular complexity index is 388. The first-order chi connectivity index (χ1) is 10.1. The number of hydrogen-bond acceptors (Lipinski definition) is 2. The van der Waals surface area contributed by atoms with E-state index in [9.17, 15) is 0 Å². The number of benzene rings is 1. The molecule has 1 saturated carbocycles. The molecule has 0 spiro atoms. The van der Waals surface area contributed by atoms with E-state index in [1.165, 1.54) is 25.7 Å². The highest BCUT2D eigenvalue weighted by Gasteiger charge is 2.29. The van der Waals surface area contributed by atoms with E-state index in [0.717, 1.165) is 37.3 Å². The molecule has 0 saturated heterocycles. The zero-order chi connectivity index (χ0) is 15.1. The predicted octanol–water partition coefficient (Wildman–Crippen LogP) is 4.51. The van der Waals surface area contributed by atoms with E-state index in [4.69, 9.17) is 4.74 Å². The van der Waals surface area contributed by atoms with Crippen LogP contribution in [0.15, 0.2) is 30.3 Å². The lowest BCUT2D eigenvalue weighted by Crippen LogP contribution is -2.32. The van der Waals surface area contributed by atoms with E-state index in [1.807, 2.05) is 30.3 Å². The summed E-state index contributed by atoms with van der Waals surface area (Å²) in [6.45, 7) is 10.00. The smallest absolute Gasteiger partial charge is 0.119 e. The van der Waals surface area contributed by atoms with Crippen LogP contribution in [0.5, 0.6) is 5.75 Å². The minimum absolute atomic E-state index is 0.488. The lowest BCUT2D eigenvalue weighted by molar-refractivity contribution is 0.148. The molecule has 2 nitrogen and oxygen atoms in total. The fourth-order valence-electron chi connectivity index (χ4n) is 3.30. The summed E-state index contributed by atoms with van der Waals surface area (Å²) in [4.78, 5) is 0. The summed E-state index contributed by atoms with van der Waals surface area (Å²) in [6, 6.07) is 10.0. The molecule has 0 amide bonds. The lowest BCUT2D eigenvalue weighted by atomic mass is 9.70. The third kappa shape index (κ3) is 5.70. The monoisotopic (exact) mass is 289 g/mol. The average Bonchev–Trinajstić information content (AvgIpc) is 2.47. The van der Waals surface area contributed by atoms with Crippen LogP contribution in [0, 0.1) is 17.3 Å². The van der Waals surface area contributed by atoms with Gasteiger partial charge in [0.25, 0.3) is 0 Å². The van der Waals surface area contributed by atoms with Gasteiger partial charge in [0, 0.05) is 6.54 Å². The second kappa shape index (κ2) is 7.84. The molecule has 2 heteroatoms. The van der Waals surface area contributed by atoms with Gasteiger partial charge in [-0.05, 0) is 61.6 Å². The number of ether oxygens (including phenoxy) is 1. The third-order valence-electron chi connectivity index (χ3n) is 4.80. The Balaban J connectivity index is 1.54. The number of rotatable bonds is 6. The molecule has 0 unspecified atom stereocenters. The molecule has 1 N–H and O–H groups in total. The van der Waals surface area contributed by atoms with Crippen molar-refractivity contribution in [1.29, 1.82) is 0 Å². The summed E-state index contributed by atoms with van der Waals surface area (Å²) in [5, 5.41) is 3.55. The molecule has 1 aromatic carbocycles. The summed E-state index contributed by atoms with van der Waals surface area (Å²) in [5.41, 5.74) is 0.488. The highest BCUT2D eigenvalue weighted by Crippen LogP contribution is 2.39. The minimum atomic E-state index is 0.488. The molecule has 1 aliphatic carbocycles. The molecule has 1 aliphatic rings. The van der Waals surface area contributed by atoms with Crippen molar-refractivity contribution in [2.75, 3.05) is 19.7 Å². The Morgan fingerprint density at radius 3 is 2.33 bits per heavy atom. The van der Waals surface area contributed by atoms with Crippen molar-refractivity contribution in [3.8, 4) is 5.75 Å². The Kier molecular flexibility index (Phi) is 6.10. The SMILES string of the molecule is CC(C)(C)C1CCC(CNCCOc2ccccc2)CC1. The van der Waals surface area contributed by atoms with Crippen molar-refractivity contribution in [1.82, 2.24) is 5.32 Å². The molecule has 21 heavy (non-hydrogen) atoms. The van der Waals surface area contributed by atoms with Gasteiger partial charge < -0.3 is 10.1 Å². The van der Waals surface area contributed by atoms with Crippen LogP contribution in [-0.4, -0.2) is 19.7 Å². The van der Waals surface area contributed by atoms with Gasteiger partial charge in [-0.3, -0.25) is 0 Å². The molecule has 1 aromatic rings. The van der Waals surface area contributed by atoms with Crippen molar-refractivity contribution in [2.24, 2.45) is 17.3 Å². The standard InChI is InChI=1S/C19H31NO/c1-19(2,3)17-11-9-16(10-12-17)15-20-13-14-21-18-7-5-4-6-8-18/h4-8,16-17,20H,9-15H2,1-3H3. The Labute approximate surface area is 130 Å². The lowest BCUT2D eigenvalue weighted by Gasteiger charge is -2.37. The highest BCUT2D eigenvalue weighted by atomic mass is 16.5. The quantitative estimate of drug-likeness (QED) is 0.778. The van der Waals surface area contributed by atoms with Crippen molar-refractivity contribution in [3.63, 3.8) is 0 Å². The largest absolute Gasteiger partial charge is 0.492 e. The summed E-state index contributed by atoms with van der Waals surface area (Å²) >= 11 is 0. The fraction of sp³-hybridized carbons (Fsp3) is 0.684. The number of hydrogen-bond donors (Lipinski definition) is 1. The van der Waals surface area contributed by atoms with Crippen molar-refractivity contribution >= 4 is 0 Å². The second-order valence-electron chi connectivity index (χ2n) is 7.45. The van der Waals surface area contributed by atoms with Crippen molar-refractivity contribution < 1.29 is 4.74 Å². The van der Waals surface area contributed by atoms with Gasteiger partial charge in [0.2, 0.25) is 0 Å². The van der Waals surface area contributed by atoms with E-state index in [0.29, 0.717) is 5.41 Å². The number of para-hydroxylation sites is 1. The average molecular weight is 289 g/mol. The van der Waals surface area contributed by atoms with Crippen LogP contribution >= 0.6 is 0 Å². The van der Waals surface area contributed by atoms with Gasteiger partial charge in [0.05, 0.1) is 0 Å². The molecule has 0 radical (unpaired) electrons. The van der Waals surface area contributed by atoms with E-state index in [1.54, 1.807) is 0 Å². The summed E-state index contributed by atoms with van der Waals surface area (Å²) in [5.74, 6) is 2.74. The molecule has 0 aliphatic heterocycles. The normalized spacial score (nSPS) is 23.0. The Hall–Kier alpha value is -1.02. The van der Waals surface area contributed by atoms with Gasteiger partial charge in [-0.15, -0.1) is 0 Å². The summed E-state index contributed by atoms with van der Waals surface area (Å²) in [7, 11) is 0. The molecular weight excluding hydrogens is 258 g/mol. The maximum Gasteiger partial charge on any atom is 0.119 e. The molecule has 0 bridgehead atoms.